The number of carbonyl (C=O) groups is 2. The molecule has 0 bridgehead atoms. The number of nitrogens with zero attached hydrogens (tertiary/aromatic N) is 2. The number of hydrogen-bond acceptors (Lipinski definition) is 5. The third kappa shape index (κ3) is 4.94. The predicted molar refractivity (Wildman–Crippen MR) is 113 cm³/mol. The van der Waals surface area contributed by atoms with Crippen LogP contribution in [0.1, 0.15) is 47.3 Å². The SMILES string of the molecule is Cc1csc(SCc2ccc(C(=O)NC3CCN(C(=O)C4CC4)CC3)cc2)n1. The van der Waals surface area contributed by atoms with E-state index in [0.717, 1.165) is 54.6 Å². The van der Waals surface area contributed by atoms with Crippen molar-refractivity contribution >= 4 is 34.9 Å². The molecule has 1 N–H and O–H groups in total. The summed E-state index contributed by atoms with van der Waals surface area (Å²) in [6.45, 7) is 3.52. The van der Waals surface area contributed by atoms with Crippen molar-refractivity contribution in [2.45, 2.75) is 48.7 Å². The van der Waals surface area contributed by atoms with Gasteiger partial charge in [-0.15, -0.1) is 11.3 Å². The molecule has 1 aromatic heterocycles. The highest BCUT2D eigenvalue weighted by molar-refractivity contribution is 8.00. The fraction of sp³-hybridized carbons (Fsp3) is 0.476. The average molecular weight is 416 g/mol. The van der Waals surface area contributed by atoms with Gasteiger partial charge in [0.05, 0.1) is 0 Å². The van der Waals surface area contributed by atoms with Gasteiger partial charge in [0.25, 0.3) is 5.91 Å². The summed E-state index contributed by atoms with van der Waals surface area (Å²) in [4.78, 5) is 31.1. The maximum atomic E-state index is 12.5. The molecule has 2 aromatic rings. The number of thioether (sulfide) groups is 1. The smallest absolute Gasteiger partial charge is 0.251 e. The van der Waals surface area contributed by atoms with Gasteiger partial charge in [-0.05, 0) is 50.3 Å². The molecule has 1 saturated carbocycles. The monoisotopic (exact) mass is 415 g/mol. The van der Waals surface area contributed by atoms with Gasteiger partial charge in [0.2, 0.25) is 5.91 Å². The molecule has 28 heavy (non-hydrogen) atoms. The summed E-state index contributed by atoms with van der Waals surface area (Å²) in [5.74, 6) is 1.41. The van der Waals surface area contributed by atoms with Crippen molar-refractivity contribution in [2.24, 2.45) is 5.92 Å². The highest BCUT2D eigenvalue weighted by Gasteiger charge is 2.35. The largest absolute Gasteiger partial charge is 0.349 e. The normalized spacial score (nSPS) is 17.5. The highest BCUT2D eigenvalue weighted by Crippen LogP contribution is 2.32. The van der Waals surface area contributed by atoms with Crippen LogP contribution in [0.15, 0.2) is 34.0 Å². The first-order valence-electron chi connectivity index (χ1n) is 9.82. The van der Waals surface area contributed by atoms with Crippen molar-refractivity contribution in [1.29, 1.82) is 0 Å². The number of carbonyl (C=O) groups excluding carboxylic acids is 2. The molecule has 0 unspecified atom stereocenters. The molecule has 4 rings (SSSR count). The number of likely N-dealkylation sites (tertiary alicyclic amines) is 1. The van der Waals surface area contributed by atoms with Gasteiger partial charge in [-0.2, -0.15) is 0 Å². The Balaban J connectivity index is 1.24. The molecule has 0 radical (unpaired) electrons. The standard InChI is InChI=1S/C21H25N3O2S2/c1-14-12-27-21(22-14)28-13-15-2-4-16(5-3-15)19(25)23-18-8-10-24(11-9-18)20(26)17-6-7-17/h2-5,12,17-18H,6-11,13H2,1H3,(H,23,25). The number of amides is 2. The third-order valence-corrected chi connectivity index (χ3v) is 7.45. The summed E-state index contributed by atoms with van der Waals surface area (Å²) >= 11 is 3.39. The molecule has 2 aliphatic rings. The predicted octanol–water partition coefficient (Wildman–Crippen LogP) is 3.87. The topological polar surface area (TPSA) is 62.3 Å². The van der Waals surface area contributed by atoms with Crippen LogP contribution in [0.4, 0.5) is 0 Å². The summed E-state index contributed by atoms with van der Waals surface area (Å²) in [6, 6.07) is 7.96. The van der Waals surface area contributed by atoms with Gasteiger partial charge in [-0.25, -0.2) is 4.98 Å². The lowest BCUT2D eigenvalue weighted by molar-refractivity contribution is -0.133. The summed E-state index contributed by atoms with van der Waals surface area (Å²) in [6.07, 6.45) is 3.78. The van der Waals surface area contributed by atoms with Gasteiger partial charge in [0.15, 0.2) is 0 Å². The summed E-state index contributed by atoms with van der Waals surface area (Å²) < 4.78 is 1.07. The van der Waals surface area contributed by atoms with Crippen LogP contribution in [0.2, 0.25) is 0 Å². The third-order valence-electron chi connectivity index (χ3n) is 5.24. The Morgan fingerprint density at radius 3 is 2.50 bits per heavy atom. The van der Waals surface area contributed by atoms with Crippen LogP contribution in [0.25, 0.3) is 0 Å². The second-order valence-corrected chi connectivity index (χ2v) is 9.67. The first-order chi connectivity index (χ1) is 13.6. The Morgan fingerprint density at radius 2 is 1.89 bits per heavy atom. The zero-order valence-corrected chi connectivity index (χ0v) is 17.7. The van der Waals surface area contributed by atoms with Gasteiger partial charge in [-0.3, -0.25) is 9.59 Å². The highest BCUT2D eigenvalue weighted by atomic mass is 32.2. The zero-order valence-electron chi connectivity index (χ0n) is 16.0. The van der Waals surface area contributed by atoms with E-state index in [2.05, 4.69) is 15.7 Å². The minimum Gasteiger partial charge on any atom is -0.349 e. The Bertz CT molecular complexity index is 838. The fourth-order valence-electron chi connectivity index (χ4n) is 3.40. The van der Waals surface area contributed by atoms with Crippen molar-refractivity contribution in [2.75, 3.05) is 13.1 Å². The summed E-state index contributed by atoms with van der Waals surface area (Å²) in [7, 11) is 0. The van der Waals surface area contributed by atoms with E-state index in [9.17, 15) is 9.59 Å². The number of benzene rings is 1. The zero-order chi connectivity index (χ0) is 19.5. The molecular weight excluding hydrogens is 390 g/mol. The Kier molecular flexibility index (Phi) is 6.01. The van der Waals surface area contributed by atoms with Crippen LogP contribution in [-0.2, 0) is 10.5 Å². The van der Waals surface area contributed by atoms with Crippen LogP contribution in [-0.4, -0.2) is 40.8 Å². The van der Waals surface area contributed by atoms with Crippen LogP contribution < -0.4 is 5.32 Å². The Morgan fingerprint density at radius 1 is 1.18 bits per heavy atom. The van der Waals surface area contributed by atoms with Crippen LogP contribution in [0.5, 0.6) is 0 Å². The van der Waals surface area contributed by atoms with Gasteiger partial charge in [-0.1, -0.05) is 23.9 Å². The van der Waals surface area contributed by atoms with E-state index >= 15 is 0 Å². The second-order valence-electron chi connectivity index (χ2n) is 7.59. The molecule has 1 saturated heterocycles. The van der Waals surface area contributed by atoms with Crippen molar-refractivity contribution in [3.63, 3.8) is 0 Å². The quantitative estimate of drug-likeness (QED) is 0.728. The number of piperidine rings is 1. The molecule has 7 heteroatoms. The van der Waals surface area contributed by atoms with Gasteiger partial charge >= 0.3 is 0 Å². The van der Waals surface area contributed by atoms with E-state index in [-0.39, 0.29) is 17.9 Å². The molecule has 2 heterocycles. The molecular formula is C21H25N3O2S2. The van der Waals surface area contributed by atoms with Crippen LogP contribution in [0.3, 0.4) is 0 Å². The Labute approximate surface area is 173 Å². The van der Waals surface area contributed by atoms with Crippen molar-refractivity contribution in [3.05, 3.63) is 46.5 Å². The molecule has 1 aromatic carbocycles. The number of thiazole rings is 1. The van der Waals surface area contributed by atoms with Crippen LogP contribution in [0, 0.1) is 12.8 Å². The number of aryl methyl sites for hydroxylation is 1. The molecule has 1 aliphatic carbocycles. The maximum Gasteiger partial charge on any atom is 0.251 e. The lowest BCUT2D eigenvalue weighted by Gasteiger charge is -2.32. The van der Waals surface area contributed by atoms with E-state index in [1.54, 1.807) is 23.1 Å². The van der Waals surface area contributed by atoms with E-state index in [0.29, 0.717) is 11.5 Å². The first kappa shape index (κ1) is 19.5. The summed E-state index contributed by atoms with van der Waals surface area (Å²) in [5, 5.41) is 5.19. The fourth-order valence-corrected chi connectivity index (χ4v) is 5.20. The molecule has 0 atom stereocenters. The molecule has 0 spiro atoms. The second kappa shape index (κ2) is 8.66. The maximum absolute atomic E-state index is 12.5. The number of aromatic nitrogens is 1. The first-order valence-corrected chi connectivity index (χ1v) is 11.7. The van der Waals surface area contributed by atoms with Gasteiger partial charge in [0.1, 0.15) is 4.34 Å². The van der Waals surface area contributed by atoms with E-state index in [1.165, 1.54) is 5.56 Å². The minimum atomic E-state index is -0.0262. The van der Waals surface area contributed by atoms with E-state index in [4.69, 9.17) is 0 Å². The summed E-state index contributed by atoms with van der Waals surface area (Å²) in [5.41, 5.74) is 2.93. The van der Waals surface area contributed by atoms with Crippen molar-refractivity contribution < 1.29 is 9.59 Å². The van der Waals surface area contributed by atoms with Gasteiger partial charge in [0, 0.05) is 47.4 Å². The molecule has 1 aliphatic heterocycles. The Hall–Kier alpha value is -1.86. The molecule has 2 fully saturated rings. The van der Waals surface area contributed by atoms with E-state index in [1.807, 2.05) is 36.1 Å². The van der Waals surface area contributed by atoms with Crippen LogP contribution >= 0.6 is 23.1 Å². The number of nitrogens with one attached hydrogen (secondary N) is 1. The lowest BCUT2D eigenvalue weighted by atomic mass is 10.0. The lowest BCUT2D eigenvalue weighted by Crippen LogP contribution is -2.47. The average Bonchev–Trinajstić information content (AvgIpc) is 3.48. The molecule has 148 valence electrons. The molecule has 2 amide bonds. The molecule has 5 nitrogen and oxygen atoms in total. The number of rotatable bonds is 6. The van der Waals surface area contributed by atoms with Gasteiger partial charge < -0.3 is 10.2 Å². The van der Waals surface area contributed by atoms with Crippen molar-refractivity contribution in [1.82, 2.24) is 15.2 Å². The minimum absolute atomic E-state index is 0.0262. The number of hydrogen-bond donors (Lipinski definition) is 1. The van der Waals surface area contributed by atoms with Crippen molar-refractivity contribution in [3.8, 4) is 0 Å². The van der Waals surface area contributed by atoms with E-state index < -0.39 is 0 Å².